The van der Waals surface area contributed by atoms with Gasteiger partial charge in [0.1, 0.15) is 23.7 Å². The minimum Gasteiger partial charge on any atom is -0.496 e. The van der Waals surface area contributed by atoms with E-state index in [-0.39, 0.29) is 11.8 Å². The molecular formula is C28H37N7O2. The van der Waals surface area contributed by atoms with E-state index >= 15 is 0 Å². The molecule has 0 saturated carbocycles. The number of methoxy groups -OCH3 is 1. The van der Waals surface area contributed by atoms with Gasteiger partial charge in [-0.3, -0.25) is 4.79 Å². The first-order chi connectivity index (χ1) is 18.0. The van der Waals surface area contributed by atoms with Crippen molar-refractivity contribution in [1.82, 2.24) is 25.2 Å². The maximum atomic E-state index is 11.9. The Labute approximate surface area is 219 Å². The van der Waals surface area contributed by atoms with Crippen LogP contribution in [0.5, 0.6) is 5.75 Å². The zero-order valence-corrected chi connectivity index (χ0v) is 22.1. The molecule has 9 heteroatoms. The van der Waals surface area contributed by atoms with Crippen LogP contribution in [0.15, 0.2) is 48.9 Å². The lowest BCUT2D eigenvalue weighted by molar-refractivity contribution is 0.0962. The molecule has 3 N–H and O–H groups in total. The molecule has 1 fully saturated rings. The van der Waals surface area contributed by atoms with Crippen LogP contribution in [0.2, 0.25) is 0 Å². The topological polar surface area (TPSA) is 104 Å². The monoisotopic (exact) mass is 503 g/mol. The third-order valence-corrected chi connectivity index (χ3v) is 6.93. The Balaban J connectivity index is 1.32. The number of benzene rings is 1. The molecule has 1 aromatic carbocycles. The van der Waals surface area contributed by atoms with Gasteiger partial charge in [-0.2, -0.15) is 0 Å². The van der Waals surface area contributed by atoms with Crippen molar-refractivity contribution in [2.45, 2.75) is 38.1 Å². The van der Waals surface area contributed by atoms with E-state index in [4.69, 9.17) is 4.74 Å². The van der Waals surface area contributed by atoms with Crippen LogP contribution < -0.4 is 20.7 Å². The molecule has 1 atom stereocenters. The van der Waals surface area contributed by atoms with Crippen LogP contribution in [-0.4, -0.2) is 72.6 Å². The highest BCUT2D eigenvalue weighted by atomic mass is 16.5. The van der Waals surface area contributed by atoms with Gasteiger partial charge in [-0.1, -0.05) is 13.0 Å². The maximum absolute atomic E-state index is 11.9. The van der Waals surface area contributed by atoms with Crippen LogP contribution in [0.4, 0.5) is 11.6 Å². The van der Waals surface area contributed by atoms with Crippen LogP contribution in [-0.2, 0) is 0 Å². The van der Waals surface area contributed by atoms with E-state index in [1.54, 1.807) is 26.6 Å². The number of hydrogen-bond donors (Lipinski definition) is 3. The molecule has 196 valence electrons. The number of pyridine rings is 1. The molecule has 1 unspecified atom stereocenters. The molecule has 37 heavy (non-hydrogen) atoms. The van der Waals surface area contributed by atoms with Crippen molar-refractivity contribution in [2.24, 2.45) is 0 Å². The molecule has 2 aromatic heterocycles. The lowest BCUT2D eigenvalue weighted by Gasteiger charge is -2.29. The fourth-order valence-corrected chi connectivity index (χ4v) is 4.58. The number of amides is 1. The van der Waals surface area contributed by atoms with Gasteiger partial charge >= 0.3 is 0 Å². The van der Waals surface area contributed by atoms with Crippen molar-refractivity contribution in [3.8, 4) is 17.0 Å². The van der Waals surface area contributed by atoms with Crippen molar-refractivity contribution >= 4 is 17.5 Å². The first kappa shape index (κ1) is 26.3. The number of ether oxygens (including phenoxy) is 1. The molecule has 0 spiro atoms. The van der Waals surface area contributed by atoms with Crippen LogP contribution in [0.3, 0.4) is 0 Å². The largest absolute Gasteiger partial charge is 0.496 e. The second-order valence-electron chi connectivity index (χ2n) is 9.59. The summed E-state index contributed by atoms with van der Waals surface area (Å²) >= 11 is 0. The SMILES string of the molecule is CNC(=O)c1ccc(C(C)CCNc2cc(-c3ccc(NC4CCN(C)CC4)nc3)ncn2)c(OC)c1. The van der Waals surface area contributed by atoms with Crippen molar-refractivity contribution in [2.75, 3.05) is 51.5 Å². The third-order valence-electron chi connectivity index (χ3n) is 6.93. The first-order valence-corrected chi connectivity index (χ1v) is 12.8. The molecule has 1 aliphatic rings. The number of hydrogen-bond acceptors (Lipinski definition) is 8. The lowest BCUT2D eigenvalue weighted by Crippen LogP contribution is -2.36. The second-order valence-corrected chi connectivity index (χ2v) is 9.59. The van der Waals surface area contributed by atoms with E-state index in [2.05, 4.69) is 49.8 Å². The summed E-state index contributed by atoms with van der Waals surface area (Å²) in [6.45, 7) is 5.11. The second kappa shape index (κ2) is 12.5. The highest BCUT2D eigenvalue weighted by molar-refractivity contribution is 5.94. The van der Waals surface area contributed by atoms with Gasteiger partial charge in [0.25, 0.3) is 5.91 Å². The molecule has 0 bridgehead atoms. The van der Waals surface area contributed by atoms with Crippen LogP contribution in [0.1, 0.15) is 48.0 Å². The molecule has 3 aromatic rings. The summed E-state index contributed by atoms with van der Waals surface area (Å²) in [4.78, 5) is 27.7. The number of carbonyl (C=O) groups is 1. The average molecular weight is 504 g/mol. The Hall–Kier alpha value is -3.72. The third kappa shape index (κ3) is 6.95. The Morgan fingerprint density at radius 1 is 1.11 bits per heavy atom. The van der Waals surface area contributed by atoms with Gasteiger partial charge in [0, 0.05) is 43.0 Å². The van der Waals surface area contributed by atoms with E-state index in [9.17, 15) is 4.79 Å². The molecule has 4 rings (SSSR count). The molecule has 1 amide bonds. The fourth-order valence-electron chi connectivity index (χ4n) is 4.58. The van der Waals surface area contributed by atoms with Crippen molar-refractivity contribution in [3.05, 3.63) is 60.0 Å². The summed E-state index contributed by atoms with van der Waals surface area (Å²) < 4.78 is 5.55. The number of carbonyl (C=O) groups excluding carboxylic acids is 1. The van der Waals surface area contributed by atoms with Gasteiger partial charge in [-0.25, -0.2) is 15.0 Å². The smallest absolute Gasteiger partial charge is 0.251 e. The summed E-state index contributed by atoms with van der Waals surface area (Å²) in [6, 6.07) is 12.1. The number of anilines is 2. The number of piperidine rings is 1. The highest BCUT2D eigenvalue weighted by Crippen LogP contribution is 2.30. The summed E-state index contributed by atoms with van der Waals surface area (Å²) in [6.07, 6.45) is 6.57. The minimum atomic E-state index is -0.128. The molecule has 1 saturated heterocycles. The highest BCUT2D eigenvalue weighted by Gasteiger charge is 2.17. The van der Waals surface area contributed by atoms with Gasteiger partial charge < -0.3 is 25.6 Å². The number of nitrogens with one attached hydrogen (secondary N) is 3. The Morgan fingerprint density at radius 3 is 2.62 bits per heavy atom. The summed E-state index contributed by atoms with van der Waals surface area (Å²) in [7, 11) is 5.42. The standard InChI is InChI=1S/C28H37N7O2/c1-19(23-7-5-20(28(36)29-2)15-25(23)37-4)9-12-30-27-16-24(32-18-33-27)21-6-8-26(31-17-21)34-22-10-13-35(3)14-11-22/h5-8,15-19,22H,9-14H2,1-4H3,(H,29,36)(H,31,34)(H,30,32,33). The van der Waals surface area contributed by atoms with Crippen LogP contribution >= 0.6 is 0 Å². The van der Waals surface area contributed by atoms with E-state index in [0.717, 1.165) is 73.1 Å². The molecule has 9 nitrogen and oxygen atoms in total. The Bertz CT molecular complexity index is 1180. The van der Waals surface area contributed by atoms with E-state index in [0.29, 0.717) is 11.6 Å². The van der Waals surface area contributed by atoms with E-state index in [1.807, 2.05) is 36.5 Å². The van der Waals surface area contributed by atoms with Crippen molar-refractivity contribution in [1.29, 1.82) is 0 Å². The van der Waals surface area contributed by atoms with Gasteiger partial charge in [-0.15, -0.1) is 0 Å². The summed E-state index contributed by atoms with van der Waals surface area (Å²) in [5.41, 5.74) is 3.44. The van der Waals surface area contributed by atoms with Gasteiger partial charge in [0.15, 0.2) is 0 Å². The number of rotatable bonds is 10. The van der Waals surface area contributed by atoms with Crippen LogP contribution in [0.25, 0.3) is 11.3 Å². The number of likely N-dealkylation sites (tertiary alicyclic amines) is 1. The van der Waals surface area contributed by atoms with Gasteiger partial charge in [-0.05, 0) is 75.1 Å². The molecule has 1 aliphatic heterocycles. The minimum absolute atomic E-state index is 0.128. The zero-order chi connectivity index (χ0) is 26.2. The zero-order valence-electron chi connectivity index (χ0n) is 22.1. The average Bonchev–Trinajstić information content (AvgIpc) is 2.94. The normalized spacial score (nSPS) is 15.1. The number of aromatic nitrogens is 3. The molecule has 0 aliphatic carbocycles. The van der Waals surface area contributed by atoms with Gasteiger partial charge in [0.2, 0.25) is 0 Å². The Morgan fingerprint density at radius 2 is 1.92 bits per heavy atom. The van der Waals surface area contributed by atoms with E-state index in [1.165, 1.54) is 0 Å². The predicted octanol–water partition coefficient (Wildman–Crippen LogP) is 4.02. The quantitative estimate of drug-likeness (QED) is 0.381. The maximum Gasteiger partial charge on any atom is 0.251 e. The van der Waals surface area contributed by atoms with Crippen LogP contribution in [0, 0.1) is 0 Å². The summed E-state index contributed by atoms with van der Waals surface area (Å²) in [5, 5.41) is 9.60. The van der Waals surface area contributed by atoms with E-state index < -0.39 is 0 Å². The van der Waals surface area contributed by atoms with Crippen molar-refractivity contribution < 1.29 is 9.53 Å². The molecular weight excluding hydrogens is 466 g/mol. The molecule has 0 radical (unpaired) electrons. The summed E-state index contributed by atoms with van der Waals surface area (Å²) in [5.74, 6) is 2.50. The van der Waals surface area contributed by atoms with Gasteiger partial charge in [0.05, 0.1) is 12.8 Å². The number of nitrogens with zero attached hydrogens (tertiary/aromatic N) is 4. The first-order valence-electron chi connectivity index (χ1n) is 12.8. The fraction of sp³-hybridized carbons (Fsp3) is 0.429. The molecule has 3 heterocycles. The lowest BCUT2D eigenvalue weighted by atomic mass is 9.95. The Kier molecular flexibility index (Phi) is 8.90. The van der Waals surface area contributed by atoms with Crippen molar-refractivity contribution in [3.63, 3.8) is 0 Å². The predicted molar refractivity (Wildman–Crippen MR) is 147 cm³/mol.